The first-order valence-corrected chi connectivity index (χ1v) is 5.55. The van der Waals surface area contributed by atoms with Crippen LogP contribution in [0.4, 0.5) is 0 Å². The molecule has 0 saturated heterocycles. The lowest BCUT2D eigenvalue weighted by atomic mass is 10.0. The average Bonchev–Trinajstić information content (AvgIpc) is 2.18. The molecule has 0 bridgehead atoms. The van der Waals surface area contributed by atoms with Gasteiger partial charge in [-0.15, -0.1) is 0 Å². The monoisotopic (exact) mass is 217 g/mol. The van der Waals surface area contributed by atoms with Crippen molar-refractivity contribution in [2.75, 3.05) is 20.3 Å². The topological polar surface area (TPSA) is 58.6 Å². The fraction of sp³-hybridized carbons (Fsp3) is 0.909. The molecular formula is C11H23NO3. The molecule has 0 aromatic carbocycles. The summed E-state index contributed by atoms with van der Waals surface area (Å²) in [5, 5.41) is 11.7. The summed E-state index contributed by atoms with van der Waals surface area (Å²) in [7, 11) is 1.59. The van der Waals surface area contributed by atoms with E-state index < -0.39 is 0 Å². The highest BCUT2D eigenvalue weighted by Crippen LogP contribution is 2.05. The summed E-state index contributed by atoms with van der Waals surface area (Å²) in [6.07, 6.45) is 2.44. The summed E-state index contributed by atoms with van der Waals surface area (Å²) >= 11 is 0. The molecular weight excluding hydrogens is 194 g/mol. The number of hydrogen-bond donors (Lipinski definition) is 2. The molecule has 0 aliphatic heterocycles. The van der Waals surface area contributed by atoms with Crippen LogP contribution in [0, 0.1) is 5.92 Å². The van der Waals surface area contributed by atoms with Gasteiger partial charge >= 0.3 is 0 Å². The molecule has 15 heavy (non-hydrogen) atoms. The molecule has 2 unspecified atom stereocenters. The van der Waals surface area contributed by atoms with Crippen molar-refractivity contribution in [3.8, 4) is 0 Å². The van der Waals surface area contributed by atoms with Gasteiger partial charge in [0.2, 0.25) is 5.91 Å². The molecule has 2 N–H and O–H groups in total. The van der Waals surface area contributed by atoms with Crippen molar-refractivity contribution in [3.63, 3.8) is 0 Å². The predicted molar refractivity (Wildman–Crippen MR) is 59.6 cm³/mol. The fourth-order valence-corrected chi connectivity index (χ4v) is 1.46. The van der Waals surface area contributed by atoms with Gasteiger partial charge in [0, 0.05) is 19.6 Å². The highest BCUT2D eigenvalue weighted by Gasteiger charge is 2.16. The quantitative estimate of drug-likeness (QED) is 0.636. The standard InChI is InChI=1S/C11H23NO3/c1-4-5-9(2)11(14)12-10(6-7-13)8-15-3/h9-10,13H,4-8H2,1-3H3,(H,12,14). The number of ether oxygens (including phenoxy) is 1. The molecule has 0 aromatic rings. The highest BCUT2D eigenvalue weighted by molar-refractivity contribution is 5.78. The maximum absolute atomic E-state index is 11.6. The van der Waals surface area contributed by atoms with E-state index in [-0.39, 0.29) is 24.5 Å². The Kier molecular flexibility index (Phi) is 8.33. The summed E-state index contributed by atoms with van der Waals surface area (Å²) < 4.78 is 4.97. The van der Waals surface area contributed by atoms with Crippen molar-refractivity contribution in [1.82, 2.24) is 5.32 Å². The second-order valence-electron chi connectivity index (χ2n) is 3.86. The number of aliphatic hydroxyl groups excluding tert-OH is 1. The van der Waals surface area contributed by atoms with Gasteiger partial charge in [-0.05, 0) is 12.8 Å². The molecule has 0 rings (SSSR count). The zero-order valence-corrected chi connectivity index (χ0v) is 9.95. The summed E-state index contributed by atoms with van der Waals surface area (Å²) in [5.74, 6) is 0.0837. The molecule has 0 aliphatic rings. The summed E-state index contributed by atoms with van der Waals surface area (Å²) in [6.45, 7) is 4.49. The first-order chi connectivity index (χ1) is 7.15. The molecule has 0 aliphatic carbocycles. The van der Waals surface area contributed by atoms with Crippen molar-refractivity contribution in [2.45, 2.75) is 39.2 Å². The second-order valence-corrected chi connectivity index (χ2v) is 3.86. The summed E-state index contributed by atoms with van der Waals surface area (Å²) in [4.78, 5) is 11.6. The third kappa shape index (κ3) is 6.47. The van der Waals surface area contributed by atoms with Gasteiger partial charge in [-0.2, -0.15) is 0 Å². The van der Waals surface area contributed by atoms with E-state index in [4.69, 9.17) is 9.84 Å². The van der Waals surface area contributed by atoms with E-state index in [0.717, 1.165) is 12.8 Å². The molecule has 2 atom stereocenters. The number of carbonyl (C=O) groups excluding carboxylic acids is 1. The molecule has 0 radical (unpaired) electrons. The van der Waals surface area contributed by atoms with Crippen molar-refractivity contribution < 1.29 is 14.6 Å². The number of aliphatic hydroxyl groups is 1. The number of methoxy groups -OCH3 is 1. The van der Waals surface area contributed by atoms with Crippen LogP contribution in [0.15, 0.2) is 0 Å². The zero-order chi connectivity index (χ0) is 11.7. The van der Waals surface area contributed by atoms with Crippen molar-refractivity contribution in [2.24, 2.45) is 5.92 Å². The van der Waals surface area contributed by atoms with E-state index in [1.54, 1.807) is 7.11 Å². The van der Waals surface area contributed by atoms with Crippen molar-refractivity contribution in [3.05, 3.63) is 0 Å². The number of nitrogens with one attached hydrogen (secondary N) is 1. The lowest BCUT2D eigenvalue weighted by Crippen LogP contribution is -2.41. The van der Waals surface area contributed by atoms with Crippen LogP contribution in [0.1, 0.15) is 33.1 Å². The predicted octanol–water partition coefficient (Wildman–Crippen LogP) is 0.936. The van der Waals surface area contributed by atoms with Gasteiger partial charge in [-0.25, -0.2) is 0 Å². The maximum atomic E-state index is 11.6. The lowest BCUT2D eigenvalue weighted by molar-refractivity contribution is -0.125. The Labute approximate surface area is 92.0 Å². The van der Waals surface area contributed by atoms with Crippen molar-refractivity contribution in [1.29, 1.82) is 0 Å². The van der Waals surface area contributed by atoms with Crippen LogP contribution < -0.4 is 5.32 Å². The van der Waals surface area contributed by atoms with Gasteiger partial charge in [0.05, 0.1) is 12.6 Å². The molecule has 0 spiro atoms. The number of amides is 1. The SMILES string of the molecule is CCCC(C)C(=O)NC(CCO)COC. The fourth-order valence-electron chi connectivity index (χ4n) is 1.46. The van der Waals surface area contributed by atoms with Crippen LogP contribution in [0.2, 0.25) is 0 Å². The second kappa shape index (κ2) is 8.68. The van der Waals surface area contributed by atoms with Crippen LogP contribution in [-0.2, 0) is 9.53 Å². The molecule has 4 heteroatoms. The minimum Gasteiger partial charge on any atom is -0.396 e. The Morgan fingerprint density at radius 2 is 2.13 bits per heavy atom. The molecule has 1 amide bonds. The lowest BCUT2D eigenvalue weighted by Gasteiger charge is -2.19. The average molecular weight is 217 g/mol. The normalized spacial score (nSPS) is 14.7. The molecule has 4 nitrogen and oxygen atoms in total. The van der Waals surface area contributed by atoms with Gasteiger partial charge in [0.25, 0.3) is 0 Å². The van der Waals surface area contributed by atoms with Crippen LogP contribution in [0.3, 0.4) is 0 Å². The molecule has 0 heterocycles. The van der Waals surface area contributed by atoms with E-state index >= 15 is 0 Å². The maximum Gasteiger partial charge on any atom is 0.223 e. The van der Waals surface area contributed by atoms with Gasteiger partial charge < -0.3 is 15.2 Å². The van der Waals surface area contributed by atoms with E-state index in [1.165, 1.54) is 0 Å². The summed E-state index contributed by atoms with van der Waals surface area (Å²) in [6, 6.07) is -0.0770. The van der Waals surface area contributed by atoms with Gasteiger partial charge in [-0.3, -0.25) is 4.79 Å². The van der Waals surface area contributed by atoms with Gasteiger partial charge in [-0.1, -0.05) is 20.3 Å². The first kappa shape index (κ1) is 14.4. The summed E-state index contributed by atoms with van der Waals surface area (Å²) in [5.41, 5.74) is 0. The van der Waals surface area contributed by atoms with Crippen LogP contribution >= 0.6 is 0 Å². The third-order valence-electron chi connectivity index (χ3n) is 2.36. The minimum atomic E-state index is -0.0770. The molecule has 0 aromatic heterocycles. The number of carbonyl (C=O) groups is 1. The van der Waals surface area contributed by atoms with Gasteiger partial charge in [0.15, 0.2) is 0 Å². The van der Waals surface area contributed by atoms with Crippen LogP contribution in [0.5, 0.6) is 0 Å². The minimum absolute atomic E-state index is 0.0352. The third-order valence-corrected chi connectivity index (χ3v) is 2.36. The van der Waals surface area contributed by atoms with E-state index in [9.17, 15) is 4.79 Å². The Morgan fingerprint density at radius 3 is 2.60 bits per heavy atom. The Morgan fingerprint density at radius 1 is 1.47 bits per heavy atom. The Hall–Kier alpha value is -0.610. The first-order valence-electron chi connectivity index (χ1n) is 5.55. The number of rotatable bonds is 8. The van der Waals surface area contributed by atoms with Crippen LogP contribution in [0.25, 0.3) is 0 Å². The highest BCUT2D eigenvalue weighted by atomic mass is 16.5. The zero-order valence-electron chi connectivity index (χ0n) is 9.95. The molecule has 90 valence electrons. The molecule has 0 saturated carbocycles. The van der Waals surface area contributed by atoms with E-state index in [0.29, 0.717) is 13.0 Å². The van der Waals surface area contributed by atoms with E-state index in [1.807, 2.05) is 6.92 Å². The Bertz CT molecular complexity index is 167. The van der Waals surface area contributed by atoms with Crippen LogP contribution in [-0.4, -0.2) is 37.4 Å². The smallest absolute Gasteiger partial charge is 0.223 e. The largest absolute Gasteiger partial charge is 0.396 e. The van der Waals surface area contributed by atoms with E-state index in [2.05, 4.69) is 12.2 Å². The molecule has 0 fully saturated rings. The van der Waals surface area contributed by atoms with Crippen molar-refractivity contribution >= 4 is 5.91 Å². The van der Waals surface area contributed by atoms with Gasteiger partial charge in [0.1, 0.15) is 0 Å². The Balaban J connectivity index is 3.97. The number of hydrogen-bond acceptors (Lipinski definition) is 3.